The Balaban J connectivity index is 1.60. The van der Waals surface area contributed by atoms with E-state index in [0.29, 0.717) is 29.5 Å². The Kier molecular flexibility index (Phi) is 5.99. The summed E-state index contributed by atoms with van der Waals surface area (Å²) < 4.78 is 0. The molecule has 2 aromatic rings. The summed E-state index contributed by atoms with van der Waals surface area (Å²) in [5, 5.41) is 19.3. The third kappa shape index (κ3) is 4.23. The molecule has 0 bridgehead atoms. The molecule has 9 nitrogen and oxygen atoms in total. The molecule has 9 heteroatoms. The number of carbonyl (C=O) groups is 3. The summed E-state index contributed by atoms with van der Waals surface area (Å²) in [4.78, 5) is 42.8. The van der Waals surface area contributed by atoms with Crippen LogP contribution in [0.1, 0.15) is 23.7 Å². The van der Waals surface area contributed by atoms with Crippen LogP contribution in [0.25, 0.3) is 11.1 Å². The van der Waals surface area contributed by atoms with Crippen LogP contribution in [0, 0.1) is 0 Å². The van der Waals surface area contributed by atoms with E-state index in [1.165, 1.54) is 9.80 Å². The Hall–Kier alpha value is -3.59. The van der Waals surface area contributed by atoms with Crippen molar-refractivity contribution < 1.29 is 24.6 Å². The molecule has 0 unspecified atom stereocenters. The van der Waals surface area contributed by atoms with Crippen LogP contribution in [0.5, 0.6) is 0 Å². The number of rotatable bonds is 3. The van der Waals surface area contributed by atoms with Gasteiger partial charge in [0, 0.05) is 24.7 Å². The first-order valence-corrected chi connectivity index (χ1v) is 10.9. The fraction of sp³-hybridized carbons (Fsp3) is 0.375. The van der Waals surface area contributed by atoms with Crippen molar-refractivity contribution in [3.63, 3.8) is 0 Å². The summed E-state index contributed by atoms with van der Waals surface area (Å²) in [7, 11) is 4.04. The minimum atomic E-state index is -1.13. The first-order chi connectivity index (χ1) is 15.7. The van der Waals surface area contributed by atoms with E-state index in [9.17, 15) is 24.6 Å². The number of nitrogens with zero attached hydrogens (tertiary/aromatic N) is 4. The first kappa shape index (κ1) is 22.6. The molecule has 0 saturated carbocycles. The van der Waals surface area contributed by atoms with Crippen LogP contribution in [0.2, 0.25) is 0 Å². The van der Waals surface area contributed by atoms with Crippen LogP contribution in [-0.2, 0) is 0 Å². The van der Waals surface area contributed by atoms with Crippen molar-refractivity contribution in [2.75, 3.05) is 43.5 Å². The van der Waals surface area contributed by atoms with Crippen LogP contribution >= 0.6 is 0 Å². The van der Waals surface area contributed by atoms with Crippen LogP contribution in [0.4, 0.5) is 21.0 Å². The Bertz CT molecular complexity index is 1080. The largest absolute Gasteiger partial charge is 0.465 e. The van der Waals surface area contributed by atoms with Gasteiger partial charge >= 0.3 is 12.2 Å². The molecule has 33 heavy (non-hydrogen) atoms. The minimum absolute atomic E-state index is 0.000481. The van der Waals surface area contributed by atoms with E-state index in [1.54, 1.807) is 37.3 Å². The fourth-order valence-corrected chi connectivity index (χ4v) is 4.61. The molecule has 0 aliphatic carbocycles. The van der Waals surface area contributed by atoms with E-state index in [0.717, 1.165) is 24.1 Å². The summed E-state index contributed by atoms with van der Waals surface area (Å²) in [6.45, 7) is 3.17. The van der Waals surface area contributed by atoms with Gasteiger partial charge in [0.25, 0.3) is 5.91 Å². The quantitative estimate of drug-likeness (QED) is 0.739. The molecule has 2 aliphatic rings. The standard InChI is InChI=1S/C24H28N4O5/c1-15-13-27(23(30)31)21-12-18(8-9-20(21)28(15)24(32)33)16-4-6-17(7-5-16)22(29)26-11-10-19(14-26)25(2)3/h4-9,12,15,19H,10-11,13-14H2,1-3H3,(H,30,31)(H,32,33)/t15-,19+/m0/s1. The zero-order chi connectivity index (χ0) is 23.9. The van der Waals surface area contributed by atoms with Crippen LogP contribution in [-0.4, -0.2) is 83.9 Å². The second-order valence-corrected chi connectivity index (χ2v) is 8.83. The van der Waals surface area contributed by atoms with Gasteiger partial charge in [0.15, 0.2) is 0 Å². The van der Waals surface area contributed by atoms with E-state index in [2.05, 4.69) is 4.90 Å². The lowest BCUT2D eigenvalue weighted by Crippen LogP contribution is -2.51. The van der Waals surface area contributed by atoms with Gasteiger partial charge in [0.1, 0.15) is 0 Å². The third-order valence-corrected chi connectivity index (χ3v) is 6.50. The van der Waals surface area contributed by atoms with Gasteiger partial charge in [-0.2, -0.15) is 0 Å². The molecule has 2 N–H and O–H groups in total. The molecule has 0 aromatic heterocycles. The summed E-state index contributed by atoms with van der Waals surface area (Å²) >= 11 is 0. The molecule has 0 spiro atoms. The second-order valence-electron chi connectivity index (χ2n) is 8.83. The average Bonchev–Trinajstić information content (AvgIpc) is 3.28. The van der Waals surface area contributed by atoms with E-state index in [-0.39, 0.29) is 12.5 Å². The topological polar surface area (TPSA) is 105 Å². The maximum atomic E-state index is 12.9. The normalized spacial score (nSPS) is 20.2. The van der Waals surface area contributed by atoms with Gasteiger partial charge in [-0.15, -0.1) is 0 Å². The zero-order valence-electron chi connectivity index (χ0n) is 18.9. The van der Waals surface area contributed by atoms with Crippen molar-refractivity contribution in [2.24, 2.45) is 0 Å². The van der Waals surface area contributed by atoms with Gasteiger partial charge in [-0.3, -0.25) is 14.6 Å². The molecule has 1 saturated heterocycles. The Morgan fingerprint density at radius 1 is 0.909 bits per heavy atom. The van der Waals surface area contributed by atoms with Gasteiger partial charge in [0.2, 0.25) is 0 Å². The van der Waals surface area contributed by atoms with Crippen molar-refractivity contribution in [3.8, 4) is 11.1 Å². The van der Waals surface area contributed by atoms with Crippen LogP contribution in [0.15, 0.2) is 42.5 Å². The number of amides is 3. The van der Waals surface area contributed by atoms with E-state index < -0.39 is 18.2 Å². The van der Waals surface area contributed by atoms with E-state index in [4.69, 9.17) is 0 Å². The maximum absolute atomic E-state index is 12.9. The number of fused-ring (bicyclic) bond motifs is 1. The lowest BCUT2D eigenvalue weighted by Gasteiger charge is -2.38. The summed E-state index contributed by atoms with van der Waals surface area (Å²) in [5.41, 5.74) is 2.82. The molecule has 4 rings (SSSR count). The lowest BCUT2D eigenvalue weighted by molar-refractivity contribution is 0.0783. The van der Waals surface area contributed by atoms with Gasteiger partial charge in [-0.1, -0.05) is 18.2 Å². The molecule has 2 aromatic carbocycles. The highest BCUT2D eigenvalue weighted by Gasteiger charge is 2.35. The molecule has 2 aliphatic heterocycles. The third-order valence-electron chi connectivity index (χ3n) is 6.50. The second kappa shape index (κ2) is 8.74. The SMILES string of the molecule is C[C@H]1CN(C(=O)O)c2cc(-c3ccc(C(=O)N4CC[C@@H](N(C)C)C4)cc3)ccc2N1C(=O)O. The van der Waals surface area contributed by atoms with Crippen molar-refractivity contribution in [1.29, 1.82) is 0 Å². The molecule has 0 radical (unpaired) electrons. The number of benzene rings is 2. The number of carboxylic acid groups (broad SMARTS) is 2. The van der Waals surface area contributed by atoms with E-state index >= 15 is 0 Å². The van der Waals surface area contributed by atoms with Crippen LogP contribution < -0.4 is 9.80 Å². The average molecular weight is 453 g/mol. The summed E-state index contributed by atoms with van der Waals surface area (Å²) in [5.74, 6) is -0.000481. The van der Waals surface area contributed by atoms with Crippen molar-refractivity contribution in [1.82, 2.24) is 9.80 Å². The number of likely N-dealkylation sites (N-methyl/N-ethyl adjacent to an activating group) is 1. The van der Waals surface area contributed by atoms with Crippen molar-refractivity contribution in [3.05, 3.63) is 48.0 Å². The van der Waals surface area contributed by atoms with Crippen molar-refractivity contribution >= 4 is 29.5 Å². The number of carbonyl (C=O) groups excluding carboxylic acids is 1. The Morgan fingerprint density at radius 2 is 1.58 bits per heavy atom. The van der Waals surface area contributed by atoms with Gasteiger partial charge in [0.05, 0.1) is 24.0 Å². The molecular weight excluding hydrogens is 424 g/mol. The number of hydrogen-bond acceptors (Lipinski definition) is 4. The zero-order valence-corrected chi connectivity index (χ0v) is 18.9. The molecular formula is C24H28N4O5. The van der Waals surface area contributed by atoms with Crippen LogP contribution in [0.3, 0.4) is 0 Å². The molecule has 1 fully saturated rings. The number of anilines is 2. The molecule has 3 amide bonds. The predicted octanol–water partition coefficient (Wildman–Crippen LogP) is 3.50. The lowest BCUT2D eigenvalue weighted by atomic mass is 10.00. The smallest absolute Gasteiger partial charge is 0.412 e. The monoisotopic (exact) mass is 452 g/mol. The van der Waals surface area contributed by atoms with Gasteiger partial charge in [-0.25, -0.2) is 9.59 Å². The maximum Gasteiger partial charge on any atom is 0.412 e. The highest BCUT2D eigenvalue weighted by Crippen LogP contribution is 2.39. The summed E-state index contributed by atoms with van der Waals surface area (Å²) in [6.07, 6.45) is -1.30. The molecule has 2 atom stereocenters. The Labute approximate surface area is 192 Å². The molecule has 174 valence electrons. The minimum Gasteiger partial charge on any atom is -0.465 e. The van der Waals surface area contributed by atoms with Crippen molar-refractivity contribution in [2.45, 2.75) is 25.4 Å². The molecule has 2 heterocycles. The van der Waals surface area contributed by atoms with Gasteiger partial charge in [-0.05, 0) is 62.8 Å². The Morgan fingerprint density at radius 3 is 2.15 bits per heavy atom. The number of likely N-dealkylation sites (tertiary alicyclic amines) is 1. The van der Waals surface area contributed by atoms with E-state index in [1.807, 2.05) is 31.1 Å². The highest BCUT2D eigenvalue weighted by atomic mass is 16.4. The fourth-order valence-electron chi connectivity index (χ4n) is 4.61. The predicted molar refractivity (Wildman–Crippen MR) is 125 cm³/mol. The summed E-state index contributed by atoms with van der Waals surface area (Å²) in [6, 6.07) is 12.2. The van der Waals surface area contributed by atoms with Gasteiger partial charge < -0.3 is 20.0 Å². The first-order valence-electron chi connectivity index (χ1n) is 10.9. The highest BCUT2D eigenvalue weighted by molar-refractivity contribution is 6.01. The number of hydrogen-bond donors (Lipinski definition) is 2.